The van der Waals surface area contributed by atoms with Crippen LogP contribution in [0.3, 0.4) is 0 Å². The van der Waals surface area contributed by atoms with Crippen LogP contribution < -0.4 is 5.32 Å². The molecule has 3 N–H and O–H groups in total. The van der Waals surface area contributed by atoms with E-state index in [4.69, 9.17) is 0 Å². The molecule has 5 aromatic heterocycles. The highest BCUT2D eigenvalue weighted by Gasteiger charge is 2.15. The number of pyridine rings is 3. The predicted octanol–water partition coefficient (Wildman–Crippen LogP) is 6.55. The van der Waals surface area contributed by atoms with Gasteiger partial charge in [0, 0.05) is 46.1 Å². The number of halogens is 1. The van der Waals surface area contributed by atoms with Gasteiger partial charge in [0.2, 0.25) is 5.91 Å². The molecule has 9 heteroatoms. The second kappa shape index (κ2) is 10.1. The van der Waals surface area contributed by atoms with E-state index in [-0.39, 0.29) is 18.1 Å². The zero-order valence-electron chi connectivity index (χ0n) is 21.6. The average molecular weight is 540 g/mol. The van der Waals surface area contributed by atoms with Gasteiger partial charge in [-0.1, -0.05) is 42.5 Å². The van der Waals surface area contributed by atoms with Crippen molar-refractivity contribution in [3.8, 4) is 33.6 Å². The maximum atomic E-state index is 13.5. The molecule has 0 aliphatic rings. The fourth-order valence-electron chi connectivity index (χ4n) is 4.96. The first-order valence-electron chi connectivity index (χ1n) is 13.0. The molecular formula is C32H22FN7O. The topological polar surface area (TPSA) is 112 Å². The van der Waals surface area contributed by atoms with Crippen LogP contribution in [0.25, 0.3) is 55.6 Å². The molecular weight excluding hydrogens is 517 g/mol. The van der Waals surface area contributed by atoms with Gasteiger partial charge in [-0.05, 0) is 41.5 Å². The van der Waals surface area contributed by atoms with Gasteiger partial charge in [-0.15, -0.1) is 0 Å². The van der Waals surface area contributed by atoms with E-state index in [1.54, 1.807) is 43.1 Å². The maximum absolute atomic E-state index is 13.5. The number of carbonyl (C=O) groups is 1. The van der Waals surface area contributed by atoms with Gasteiger partial charge in [-0.25, -0.2) is 9.37 Å². The number of hydrogen-bond acceptors (Lipinski definition) is 5. The molecule has 5 heterocycles. The lowest BCUT2D eigenvalue weighted by Gasteiger charge is -2.07. The van der Waals surface area contributed by atoms with Crippen molar-refractivity contribution in [3.05, 3.63) is 115 Å². The van der Waals surface area contributed by atoms with Crippen LogP contribution in [0.15, 0.2) is 104 Å². The van der Waals surface area contributed by atoms with Crippen molar-refractivity contribution in [2.45, 2.75) is 6.42 Å². The summed E-state index contributed by atoms with van der Waals surface area (Å²) in [7, 11) is 0. The molecule has 0 bridgehead atoms. The Kier molecular flexibility index (Phi) is 6.01. The van der Waals surface area contributed by atoms with Crippen LogP contribution >= 0.6 is 0 Å². The minimum Gasteiger partial charge on any atom is -0.352 e. The van der Waals surface area contributed by atoms with Crippen LogP contribution in [0.2, 0.25) is 0 Å². The SMILES string of the molecule is O=C(Cc1ccccc1)Nc1cncc(-c2cnc3n[nH]c(-c4cc5c(-c6ccc(F)cc6)cncc5[nH]4)c3c2)c1. The summed E-state index contributed by atoms with van der Waals surface area (Å²) >= 11 is 0. The number of hydrogen-bond donors (Lipinski definition) is 3. The Balaban J connectivity index is 1.21. The fraction of sp³-hybridized carbons (Fsp3) is 0.0312. The summed E-state index contributed by atoms with van der Waals surface area (Å²) in [4.78, 5) is 29.3. The van der Waals surface area contributed by atoms with Crippen molar-refractivity contribution in [1.82, 2.24) is 30.1 Å². The van der Waals surface area contributed by atoms with Crippen LogP contribution in [0.5, 0.6) is 0 Å². The summed E-state index contributed by atoms with van der Waals surface area (Å²) in [5, 5.41) is 12.2. The number of carbonyl (C=O) groups excluding carboxylic acids is 1. The molecule has 1 amide bonds. The molecule has 41 heavy (non-hydrogen) atoms. The predicted molar refractivity (Wildman–Crippen MR) is 156 cm³/mol. The molecule has 7 aromatic rings. The van der Waals surface area contributed by atoms with Gasteiger partial charge in [-0.3, -0.25) is 19.9 Å². The molecule has 0 fully saturated rings. The highest BCUT2D eigenvalue weighted by atomic mass is 19.1. The zero-order valence-corrected chi connectivity index (χ0v) is 21.6. The van der Waals surface area contributed by atoms with Gasteiger partial charge < -0.3 is 10.3 Å². The molecule has 7 rings (SSSR count). The summed E-state index contributed by atoms with van der Waals surface area (Å²) in [6, 6.07) is 21.9. The van der Waals surface area contributed by atoms with E-state index in [0.29, 0.717) is 11.3 Å². The number of nitrogens with one attached hydrogen (secondary N) is 3. The van der Waals surface area contributed by atoms with Crippen molar-refractivity contribution >= 4 is 33.5 Å². The van der Waals surface area contributed by atoms with Gasteiger partial charge in [0.25, 0.3) is 0 Å². The number of aromatic amines is 2. The van der Waals surface area contributed by atoms with E-state index in [0.717, 1.165) is 55.5 Å². The van der Waals surface area contributed by atoms with Gasteiger partial charge >= 0.3 is 0 Å². The van der Waals surface area contributed by atoms with E-state index in [1.165, 1.54) is 12.1 Å². The normalized spacial score (nSPS) is 11.2. The Labute approximate surface area is 233 Å². The van der Waals surface area contributed by atoms with Gasteiger partial charge in [0.05, 0.1) is 41.4 Å². The lowest BCUT2D eigenvalue weighted by molar-refractivity contribution is -0.115. The van der Waals surface area contributed by atoms with Crippen molar-refractivity contribution in [2.24, 2.45) is 0 Å². The van der Waals surface area contributed by atoms with Crippen LogP contribution in [-0.2, 0) is 11.2 Å². The van der Waals surface area contributed by atoms with Crippen LogP contribution in [0, 0.1) is 5.82 Å². The van der Waals surface area contributed by atoms with Crippen LogP contribution in [0.1, 0.15) is 5.56 Å². The number of amides is 1. The Morgan fingerprint density at radius 1 is 0.805 bits per heavy atom. The molecule has 0 aliphatic carbocycles. The molecule has 8 nitrogen and oxygen atoms in total. The quantitative estimate of drug-likeness (QED) is 0.222. The summed E-state index contributed by atoms with van der Waals surface area (Å²) in [5.41, 5.74) is 7.95. The van der Waals surface area contributed by atoms with E-state index in [1.807, 2.05) is 48.5 Å². The van der Waals surface area contributed by atoms with Crippen LogP contribution in [0.4, 0.5) is 10.1 Å². The lowest BCUT2D eigenvalue weighted by Crippen LogP contribution is -2.14. The zero-order chi connectivity index (χ0) is 27.8. The minimum absolute atomic E-state index is 0.117. The van der Waals surface area contributed by atoms with Gasteiger partial charge in [-0.2, -0.15) is 5.10 Å². The Morgan fingerprint density at radius 2 is 1.61 bits per heavy atom. The minimum atomic E-state index is -0.286. The van der Waals surface area contributed by atoms with Crippen molar-refractivity contribution in [2.75, 3.05) is 5.32 Å². The number of nitrogens with zero attached hydrogens (tertiary/aromatic N) is 4. The Hall–Kier alpha value is -5.70. The smallest absolute Gasteiger partial charge is 0.228 e. The molecule has 2 aromatic carbocycles. The second-order valence-corrected chi connectivity index (χ2v) is 9.70. The van der Waals surface area contributed by atoms with E-state index in [2.05, 4.69) is 35.5 Å². The van der Waals surface area contributed by atoms with Gasteiger partial charge in [0.1, 0.15) is 5.82 Å². The van der Waals surface area contributed by atoms with E-state index < -0.39 is 0 Å². The molecule has 0 unspecified atom stereocenters. The highest BCUT2D eigenvalue weighted by Crippen LogP contribution is 2.34. The largest absolute Gasteiger partial charge is 0.352 e. The van der Waals surface area contributed by atoms with Crippen molar-refractivity contribution in [1.29, 1.82) is 0 Å². The number of rotatable bonds is 6. The number of aromatic nitrogens is 6. The number of H-pyrrole nitrogens is 2. The van der Waals surface area contributed by atoms with Crippen LogP contribution in [-0.4, -0.2) is 36.0 Å². The summed E-state index contributed by atoms with van der Waals surface area (Å²) in [6.07, 6.45) is 8.91. The number of benzene rings is 2. The third kappa shape index (κ3) is 4.80. The van der Waals surface area contributed by atoms with Gasteiger partial charge in [0.15, 0.2) is 5.65 Å². The first kappa shape index (κ1) is 24.3. The first-order chi connectivity index (χ1) is 20.1. The fourth-order valence-corrected chi connectivity index (χ4v) is 4.96. The van der Waals surface area contributed by atoms with Crippen molar-refractivity contribution in [3.63, 3.8) is 0 Å². The Morgan fingerprint density at radius 3 is 2.46 bits per heavy atom. The monoisotopic (exact) mass is 539 g/mol. The average Bonchev–Trinajstić information content (AvgIpc) is 3.62. The number of anilines is 1. The first-order valence-corrected chi connectivity index (χ1v) is 13.0. The van der Waals surface area contributed by atoms with E-state index in [9.17, 15) is 9.18 Å². The number of fused-ring (bicyclic) bond motifs is 2. The summed E-state index contributed by atoms with van der Waals surface area (Å²) in [6.45, 7) is 0. The maximum Gasteiger partial charge on any atom is 0.228 e. The van der Waals surface area contributed by atoms with Crippen molar-refractivity contribution < 1.29 is 9.18 Å². The third-order valence-electron chi connectivity index (χ3n) is 6.94. The Bertz CT molecular complexity index is 2030. The summed E-state index contributed by atoms with van der Waals surface area (Å²) < 4.78 is 13.5. The molecule has 0 saturated heterocycles. The standard InChI is InChI=1S/C32H22FN7O/c33-23-8-6-20(7-9-23)27-17-35-18-29-25(27)13-28(38-29)31-26-12-22(15-36-32(26)40-39-31)21-11-24(16-34-14-21)37-30(41)10-19-4-2-1-3-5-19/h1-9,11-18,38H,10H2,(H,37,41)(H,36,39,40). The molecule has 0 spiro atoms. The van der Waals surface area contributed by atoms with E-state index >= 15 is 0 Å². The summed E-state index contributed by atoms with van der Waals surface area (Å²) in [5.74, 6) is -0.402. The third-order valence-corrected chi connectivity index (χ3v) is 6.94. The highest BCUT2D eigenvalue weighted by molar-refractivity contribution is 6.00. The molecule has 0 atom stereocenters. The molecule has 0 aliphatic heterocycles. The molecule has 0 saturated carbocycles. The lowest BCUT2D eigenvalue weighted by atomic mass is 10.0. The second-order valence-electron chi connectivity index (χ2n) is 9.70. The molecule has 0 radical (unpaired) electrons. The molecule has 198 valence electrons.